The number of ether oxygens (including phenoxy) is 1. The van der Waals surface area contributed by atoms with Crippen LogP contribution < -0.4 is 41.5 Å². The summed E-state index contributed by atoms with van der Waals surface area (Å²) in [6.07, 6.45) is 0. The number of carbonyl (C=O) groups excluding carboxylic acids is 1. The van der Waals surface area contributed by atoms with Crippen LogP contribution in [0.2, 0.25) is 0 Å². The minimum atomic E-state index is -3.66. The lowest BCUT2D eigenvalue weighted by molar-refractivity contribution is -0.120. The molecule has 0 fully saturated rings. The van der Waals surface area contributed by atoms with E-state index in [1.165, 1.54) is 0 Å². The van der Waals surface area contributed by atoms with Gasteiger partial charge in [-0.2, -0.15) is 0 Å². The lowest BCUT2D eigenvalue weighted by Crippen LogP contribution is -2.43. The van der Waals surface area contributed by atoms with Crippen molar-refractivity contribution in [2.45, 2.75) is 13.5 Å². The van der Waals surface area contributed by atoms with Gasteiger partial charge in [-0.05, 0) is 52.9 Å². The number of aryl methyl sites for hydroxylation is 1. The summed E-state index contributed by atoms with van der Waals surface area (Å²) in [6, 6.07) is 60.0. The van der Waals surface area contributed by atoms with Crippen molar-refractivity contribution in [3.63, 3.8) is 0 Å². The zero-order valence-electron chi connectivity index (χ0n) is 29.4. The van der Waals surface area contributed by atoms with Gasteiger partial charge in [0, 0.05) is 27.3 Å². The molecule has 0 radical (unpaired) electrons. The maximum atomic E-state index is 16.5. The fourth-order valence-corrected chi connectivity index (χ4v) is 13.9. The summed E-state index contributed by atoms with van der Waals surface area (Å²) < 4.78 is 22.7. The molecule has 0 saturated carbocycles. The topological polar surface area (TPSA) is 46.6 Å². The van der Waals surface area contributed by atoms with E-state index >= 15 is 9.36 Å². The van der Waals surface area contributed by atoms with Crippen LogP contribution in [0.1, 0.15) is 11.1 Å². The third-order valence-electron chi connectivity index (χ3n) is 9.23. The average molecular weight is 748 g/mol. The normalized spacial score (nSPS) is 11.5. The Bertz CT molecular complexity index is 2190. The molecule has 0 atom stereocenters. The first kappa shape index (κ1) is 36.1. The Balaban J connectivity index is 1.59. The summed E-state index contributed by atoms with van der Waals surface area (Å²) in [6.45, 7) is 2.00. The van der Waals surface area contributed by atoms with Gasteiger partial charge in [-0.1, -0.05) is 182 Å². The van der Waals surface area contributed by atoms with E-state index in [4.69, 9.17) is 16.5 Å². The van der Waals surface area contributed by atoms with Gasteiger partial charge in [0.1, 0.15) is 5.75 Å². The fraction of sp³-hybridized carbons (Fsp3) is 0.0652. The standard InChI is InChI=1S/C46H39NO3P2S/c1-36-32-43(51(49,39-24-12-4-13-25-39)40-26-14-5-15-27-40)46(44(33-36)52(53,41-28-16-6-17-29-41)42-30-18-7-19-31-42)47(34-37-20-8-2-9-21-37)45(48)35-50-38-22-10-3-11-23-38/h2-33H,34-35H2,1H3. The number of rotatable bonds is 12. The molecule has 7 aromatic carbocycles. The molecule has 0 aliphatic heterocycles. The Labute approximate surface area is 317 Å². The van der Waals surface area contributed by atoms with Gasteiger partial charge in [0.2, 0.25) is 0 Å². The number of anilines is 1. The average Bonchev–Trinajstić information content (AvgIpc) is 3.23. The molecule has 0 N–H and O–H groups in total. The first-order chi connectivity index (χ1) is 25.9. The van der Waals surface area contributed by atoms with Crippen LogP contribution in [-0.2, 0) is 27.7 Å². The number of carbonyl (C=O) groups is 1. The summed E-state index contributed by atoms with van der Waals surface area (Å²) in [5, 5.41) is 4.65. The molecular weight excluding hydrogens is 709 g/mol. The number of nitrogens with zero attached hydrogens (tertiary/aromatic N) is 1. The van der Waals surface area contributed by atoms with Gasteiger partial charge in [-0.25, -0.2) is 0 Å². The zero-order chi connectivity index (χ0) is 36.7. The van der Waals surface area contributed by atoms with E-state index in [1.54, 1.807) is 4.90 Å². The van der Waals surface area contributed by atoms with Crippen LogP contribution in [0.15, 0.2) is 194 Å². The van der Waals surface area contributed by atoms with E-state index in [2.05, 4.69) is 30.3 Å². The van der Waals surface area contributed by atoms with Gasteiger partial charge >= 0.3 is 0 Å². The highest BCUT2D eigenvalue weighted by Crippen LogP contribution is 2.51. The highest BCUT2D eigenvalue weighted by atomic mass is 32.4. The maximum Gasteiger partial charge on any atom is 0.265 e. The fourth-order valence-electron chi connectivity index (χ4n) is 6.70. The maximum absolute atomic E-state index is 16.5. The van der Waals surface area contributed by atoms with Gasteiger partial charge in [0.05, 0.1) is 12.2 Å². The van der Waals surface area contributed by atoms with Gasteiger partial charge in [-0.15, -0.1) is 0 Å². The molecule has 7 rings (SSSR count). The highest BCUT2D eigenvalue weighted by Gasteiger charge is 2.40. The summed E-state index contributed by atoms with van der Waals surface area (Å²) in [7, 11) is -3.66. The number of hydrogen-bond acceptors (Lipinski definition) is 4. The molecule has 1 amide bonds. The molecule has 4 nitrogen and oxygen atoms in total. The van der Waals surface area contributed by atoms with Crippen LogP contribution in [0.25, 0.3) is 0 Å². The second kappa shape index (κ2) is 16.1. The molecule has 0 spiro atoms. The molecule has 0 unspecified atom stereocenters. The van der Waals surface area contributed by atoms with E-state index < -0.39 is 13.2 Å². The van der Waals surface area contributed by atoms with Crippen molar-refractivity contribution in [2.24, 2.45) is 0 Å². The van der Waals surface area contributed by atoms with E-state index in [9.17, 15) is 0 Å². The van der Waals surface area contributed by atoms with Gasteiger partial charge in [0.25, 0.3) is 5.91 Å². The van der Waals surface area contributed by atoms with E-state index in [1.807, 2.05) is 171 Å². The third-order valence-corrected chi connectivity index (χ3v) is 17.2. The van der Waals surface area contributed by atoms with Crippen molar-refractivity contribution in [3.05, 3.63) is 205 Å². The predicted molar refractivity (Wildman–Crippen MR) is 226 cm³/mol. The van der Waals surface area contributed by atoms with Crippen LogP contribution in [-0.4, -0.2) is 12.5 Å². The Morgan fingerprint density at radius 3 is 1.43 bits per heavy atom. The van der Waals surface area contributed by atoms with Crippen molar-refractivity contribution >= 4 is 68.4 Å². The lowest BCUT2D eigenvalue weighted by Gasteiger charge is -2.35. The van der Waals surface area contributed by atoms with Crippen LogP contribution >= 0.6 is 13.2 Å². The molecule has 7 heteroatoms. The lowest BCUT2D eigenvalue weighted by atomic mass is 10.1. The van der Waals surface area contributed by atoms with Gasteiger partial charge in [0.15, 0.2) is 13.7 Å². The Kier molecular flexibility index (Phi) is 11.0. The monoisotopic (exact) mass is 747 g/mol. The molecule has 0 heterocycles. The summed E-state index contributed by atoms with van der Waals surface area (Å²) in [5.74, 6) is 0.308. The Hall–Kier alpha value is -5.31. The molecular formula is C46H39NO3P2S. The number of para-hydroxylation sites is 1. The van der Waals surface area contributed by atoms with Crippen molar-refractivity contribution < 1.29 is 14.1 Å². The van der Waals surface area contributed by atoms with E-state index in [0.29, 0.717) is 27.4 Å². The molecule has 0 bridgehead atoms. The summed E-state index contributed by atoms with van der Waals surface area (Å²) >= 11 is 7.03. The second-order valence-electron chi connectivity index (χ2n) is 12.8. The minimum Gasteiger partial charge on any atom is -0.484 e. The SMILES string of the molecule is Cc1cc(P(=O)(c2ccccc2)c2ccccc2)c(N(Cc2ccccc2)C(=O)COc2ccccc2)c(P(=S)(c2ccccc2)c2ccccc2)c1. The molecule has 0 saturated heterocycles. The van der Waals surface area contributed by atoms with Crippen LogP contribution in [0, 0.1) is 6.92 Å². The molecule has 7 aromatic rings. The van der Waals surface area contributed by atoms with Gasteiger partial charge in [-0.3, -0.25) is 4.79 Å². The first-order valence-corrected chi connectivity index (χ1v) is 22.0. The van der Waals surface area contributed by atoms with Crippen molar-refractivity contribution in [1.82, 2.24) is 0 Å². The van der Waals surface area contributed by atoms with E-state index in [-0.39, 0.29) is 19.1 Å². The summed E-state index contributed by atoms with van der Waals surface area (Å²) in [5.41, 5.74) is 2.38. The Morgan fingerprint density at radius 2 is 0.962 bits per heavy atom. The summed E-state index contributed by atoms with van der Waals surface area (Å²) in [4.78, 5) is 16.8. The number of amides is 1. The quantitative estimate of drug-likeness (QED) is 0.119. The molecule has 0 aromatic heterocycles. The van der Waals surface area contributed by atoms with Crippen molar-refractivity contribution in [2.75, 3.05) is 11.5 Å². The van der Waals surface area contributed by atoms with Crippen molar-refractivity contribution in [1.29, 1.82) is 0 Å². The number of benzene rings is 7. The molecule has 53 heavy (non-hydrogen) atoms. The largest absolute Gasteiger partial charge is 0.484 e. The van der Waals surface area contributed by atoms with Crippen LogP contribution in [0.4, 0.5) is 5.69 Å². The highest BCUT2D eigenvalue weighted by molar-refractivity contribution is 8.25. The molecule has 262 valence electrons. The smallest absolute Gasteiger partial charge is 0.265 e. The zero-order valence-corrected chi connectivity index (χ0v) is 32.0. The molecule has 0 aliphatic carbocycles. The predicted octanol–water partition coefficient (Wildman–Crippen LogP) is 8.00. The van der Waals surface area contributed by atoms with Gasteiger partial charge < -0.3 is 14.2 Å². The molecule has 0 aliphatic rings. The van der Waals surface area contributed by atoms with E-state index in [0.717, 1.165) is 27.0 Å². The first-order valence-electron chi connectivity index (χ1n) is 17.5. The number of hydrogen-bond donors (Lipinski definition) is 0. The van der Waals surface area contributed by atoms with Crippen LogP contribution in [0.3, 0.4) is 0 Å². The third kappa shape index (κ3) is 7.48. The minimum absolute atomic E-state index is 0.212. The van der Waals surface area contributed by atoms with Crippen LogP contribution in [0.5, 0.6) is 5.75 Å². The van der Waals surface area contributed by atoms with Crippen molar-refractivity contribution in [3.8, 4) is 5.75 Å². The Morgan fingerprint density at radius 1 is 0.566 bits per heavy atom. The second-order valence-corrected chi connectivity index (χ2v) is 19.9.